The lowest BCUT2D eigenvalue weighted by molar-refractivity contribution is 1.50. The fourth-order valence-corrected chi connectivity index (χ4v) is 2.81. The van der Waals surface area contributed by atoms with Crippen LogP contribution in [0.5, 0.6) is 0 Å². The van der Waals surface area contributed by atoms with E-state index in [1.165, 1.54) is 21.9 Å². The SMILES string of the molecule is C=Cc1ccc(-c2ccc3ccccc3c2)cc1/C=C\Br.CC.CS. The van der Waals surface area contributed by atoms with Crippen molar-refractivity contribution in [3.8, 4) is 11.1 Å². The summed E-state index contributed by atoms with van der Waals surface area (Å²) in [6, 6.07) is 21.5. The molecule has 0 N–H and O–H groups in total. The molecule has 0 spiro atoms. The first kappa shape index (κ1) is 21.3. The molecule has 0 radical (unpaired) electrons. The van der Waals surface area contributed by atoms with E-state index in [-0.39, 0.29) is 0 Å². The lowest BCUT2D eigenvalue weighted by Gasteiger charge is -2.08. The van der Waals surface area contributed by atoms with Gasteiger partial charge in [-0.25, -0.2) is 0 Å². The van der Waals surface area contributed by atoms with Crippen LogP contribution in [0.1, 0.15) is 25.0 Å². The fourth-order valence-electron chi connectivity index (χ4n) is 2.52. The van der Waals surface area contributed by atoms with Crippen molar-refractivity contribution in [2.75, 3.05) is 6.26 Å². The Morgan fingerprint density at radius 3 is 2.04 bits per heavy atom. The van der Waals surface area contributed by atoms with Crippen molar-refractivity contribution in [1.82, 2.24) is 0 Å². The van der Waals surface area contributed by atoms with E-state index >= 15 is 0 Å². The van der Waals surface area contributed by atoms with Crippen molar-refractivity contribution < 1.29 is 0 Å². The number of benzene rings is 3. The van der Waals surface area contributed by atoms with Crippen LogP contribution in [-0.4, -0.2) is 6.26 Å². The average molecular weight is 413 g/mol. The molecule has 2 heteroatoms. The highest BCUT2D eigenvalue weighted by molar-refractivity contribution is 9.11. The second-order valence-corrected chi connectivity index (χ2v) is 5.43. The maximum atomic E-state index is 3.87. The average Bonchev–Trinajstić information content (AvgIpc) is 2.71. The Kier molecular flexibility index (Phi) is 9.98. The molecule has 0 aliphatic carbocycles. The van der Waals surface area contributed by atoms with Crippen molar-refractivity contribution in [1.29, 1.82) is 0 Å². The van der Waals surface area contributed by atoms with E-state index in [2.05, 4.69) is 95.8 Å². The zero-order valence-electron chi connectivity index (χ0n) is 15.0. The third kappa shape index (κ3) is 5.62. The molecule has 130 valence electrons. The summed E-state index contributed by atoms with van der Waals surface area (Å²) in [7, 11) is 0. The number of hydrogen-bond acceptors (Lipinski definition) is 1. The standard InChI is InChI=1S/C20H15Br.C2H6.CH4S/c1-2-15-7-9-18(14-20(15)11-12-21)19-10-8-16-5-3-4-6-17(16)13-19;2*1-2/h2-14H,1H2;1-2H3;2H,1H3/b12-11-;;. The first-order valence-electron chi connectivity index (χ1n) is 8.29. The molecule has 3 aromatic rings. The summed E-state index contributed by atoms with van der Waals surface area (Å²) in [5, 5.41) is 2.53. The van der Waals surface area contributed by atoms with E-state index in [0.717, 1.165) is 11.1 Å². The van der Waals surface area contributed by atoms with Gasteiger partial charge >= 0.3 is 0 Å². The Hall–Kier alpha value is -1.77. The molecule has 0 atom stereocenters. The molecule has 0 aliphatic heterocycles. The van der Waals surface area contributed by atoms with Crippen LogP contribution in [0, 0.1) is 0 Å². The molecule has 0 saturated carbocycles. The summed E-state index contributed by atoms with van der Waals surface area (Å²) < 4.78 is 0. The Bertz CT molecular complexity index is 834. The van der Waals surface area contributed by atoms with Gasteiger partial charge in [-0.05, 0) is 62.5 Å². The maximum Gasteiger partial charge on any atom is -0.0173 e. The van der Waals surface area contributed by atoms with E-state index in [0.29, 0.717) is 0 Å². The summed E-state index contributed by atoms with van der Waals surface area (Å²) in [5.41, 5.74) is 4.74. The highest BCUT2D eigenvalue weighted by atomic mass is 79.9. The van der Waals surface area contributed by atoms with Gasteiger partial charge in [0.15, 0.2) is 0 Å². The number of rotatable bonds is 3. The van der Waals surface area contributed by atoms with E-state index in [1.54, 1.807) is 6.26 Å². The van der Waals surface area contributed by atoms with Gasteiger partial charge in [0.2, 0.25) is 0 Å². The van der Waals surface area contributed by atoms with Crippen LogP contribution in [0.25, 0.3) is 34.1 Å². The van der Waals surface area contributed by atoms with Crippen LogP contribution in [0.3, 0.4) is 0 Å². The number of fused-ring (bicyclic) bond motifs is 1. The van der Waals surface area contributed by atoms with Crippen molar-refractivity contribution in [2.45, 2.75) is 13.8 Å². The molecule has 3 rings (SSSR count). The van der Waals surface area contributed by atoms with E-state index in [9.17, 15) is 0 Å². The quantitative estimate of drug-likeness (QED) is 0.412. The van der Waals surface area contributed by atoms with Gasteiger partial charge in [0, 0.05) is 0 Å². The van der Waals surface area contributed by atoms with Gasteiger partial charge in [-0.3, -0.25) is 0 Å². The minimum atomic E-state index is 1.13. The molecule has 0 bridgehead atoms. The molecule has 0 aliphatic rings. The normalized spacial score (nSPS) is 9.80. The summed E-state index contributed by atoms with van der Waals surface area (Å²) in [4.78, 5) is 1.87. The minimum absolute atomic E-state index is 1.13. The van der Waals surface area contributed by atoms with Crippen LogP contribution >= 0.6 is 28.6 Å². The van der Waals surface area contributed by atoms with Crippen LogP contribution in [0.2, 0.25) is 0 Å². The molecule has 0 aromatic heterocycles. The summed E-state index contributed by atoms with van der Waals surface area (Å²) in [5.74, 6) is 0. The predicted molar refractivity (Wildman–Crippen MR) is 124 cm³/mol. The lowest BCUT2D eigenvalue weighted by atomic mass is 9.97. The largest absolute Gasteiger partial charge is 0.183 e. The maximum absolute atomic E-state index is 3.87. The Labute approximate surface area is 165 Å². The van der Waals surface area contributed by atoms with Crippen LogP contribution in [0.4, 0.5) is 0 Å². The molecular formula is C23H25BrS. The van der Waals surface area contributed by atoms with Crippen molar-refractivity contribution >= 4 is 51.5 Å². The van der Waals surface area contributed by atoms with E-state index in [1.807, 2.05) is 31.0 Å². The van der Waals surface area contributed by atoms with Gasteiger partial charge in [-0.15, -0.1) is 0 Å². The fraction of sp³-hybridized carbons (Fsp3) is 0.130. The first-order valence-corrected chi connectivity index (χ1v) is 10.1. The van der Waals surface area contributed by atoms with Crippen molar-refractivity contribution in [3.63, 3.8) is 0 Å². The van der Waals surface area contributed by atoms with Gasteiger partial charge in [0.25, 0.3) is 0 Å². The van der Waals surface area contributed by atoms with Gasteiger partial charge in [-0.1, -0.05) is 91.0 Å². The monoisotopic (exact) mass is 412 g/mol. The highest BCUT2D eigenvalue weighted by Crippen LogP contribution is 2.27. The second-order valence-electron chi connectivity index (χ2n) is 4.90. The molecule has 0 amide bonds. The highest BCUT2D eigenvalue weighted by Gasteiger charge is 2.03. The molecule has 0 nitrogen and oxygen atoms in total. The Morgan fingerprint density at radius 2 is 1.40 bits per heavy atom. The zero-order chi connectivity index (χ0) is 18.7. The lowest BCUT2D eigenvalue weighted by Crippen LogP contribution is -1.84. The smallest absolute Gasteiger partial charge is 0.0173 e. The second kappa shape index (κ2) is 11.7. The number of thiol groups is 1. The molecule has 0 heterocycles. The third-order valence-corrected chi connectivity index (χ3v) is 3.90. The summed E-state index contributed by atoms with van der Waals surface area (Å²) in [6.45, 7) is 7.87. The van der Waals surface area contributed by atoms with Crippen molar-refractivity contribution in [3.05, 3.63) is 83.4 Å². The zero-order valence-corrected chi connectivity index (χ0v) is 17.5. The van der Waals surface area contributed by atoms with E-state index in [4.69, 9.17) is 0 Å². The van der Waals surface area contributed by atoms with Gasteiger partial charge in [-0.2, -0.15) is 12.6 Å². The van der Waals surface area contributed by atoms with E-state index < -0.39 is 0 Å². The van der Waals surface area contributed by atoms with Gasteiger partial charge in [0.1, 0.15) is 0 Å². The van der Waals surface area contributed by atoms with Crippen LogP contribution < -0.4 is 0 Å². The third-order valence-electron chi connectivity index (χ3n) is 3.63. The minimum Gasteiger partial charge on any atom is -0.183 e. The van der Waals surface area contributed by atoms with Crippen molar-refractivity contribution in [2.24, 2.45) is 0 Å². The Balaban J connectivity index is 0.000000730. The summed E-state index contributed by atoms with van der Waals surface area (Å²) in [6.07, 6.45) is 5.62. The number of halogens is 1. The topological polar surface area (TPSA) is 0 Å². The molecule has 25 heavy (non-hydrogen) atoms. The Morgan fingerprint density at radius 1 is 0.800 bits per heavy atom. The van der Waals surface area contributed by atoms with Gasteiger partial charge in [0.05, 0.1) is 0 Å². The summed E-state index contributed by atoms with van der Waals surface area (Å²) >= 11 is 6.88. The molecule has 0 unspecified atom stereocenters. The van der Waals surface area contributed by atoms with Crippen LogP contribution in [0.15, 0.2) is 72.2 Å². The molecule has 0 saturated heterocycles. The predicted octanol–water partition coefficient (Wildman–Crippen LogP) is 8.09. The molecular weight excluding hydrogens is 388 g/mol. The number of hydrogen-bond donors (Lipinski definition) is 1. The molecule has 3 aromatic carbocycles. The van der Waals surface area contributed by atoms with Crippen LogP contribution in [-0.2, 0) is 0 Å². The first-order chi connectivity index (χ1) is 12.3. The van der Waals surface area contributed by atoms with Gasteiger partial charge < -0.3 is 0 Å². The molecule has 0 fully saturated rings.